The van der Waals surface area contributed by atoms with Crippen LogP contribution in [0.25, 0.3) is 0 Å². The van der Waals surface area contributed by atoms with Crippen molar-refractivity contribution in [3.63, 3.8) is 0 Å². The molecule has 2 heterocycles. The highest BCUT2D eigenvalue weighted by Gasteiger charge is 2.75. The van der Waals surface area contributed by atoms with Crippen molar-refractivity contribution in [3.8, 4) is 0 Å². The SMILES string of the molecule is C=C1C[C@H]2[C@](C)([C@@H](OC(C)=O)C[C@H]3C(C)(C)OC(=O)C[C@@H](OC(C)=O)[C@@]23C)[C@@H]2C(=O)O[C@H](C)C(=O)[C@]12C. The zero-order valence-electron chi connectivity index (χ0n) is 23.0. The highest BCUT2D eigenvalue weighted by Crippen LogP contribution is 2.71. The average Bonchev–Trinajstić information content (AvgIpc) is 2.80. The van der Waals surface area contributed by atoms with E-state index < -0.39 is 81.8 Å². The van der Waals surface area contributed by atoms with Crippen molar-refractivity contribution in [1.29, 1.82) is 0 Å². The number of esters is 4. The summed E-state index contributed by atoms with van der Waals surface area (Å²) >= 11 is 0. The first-order chi connectivity index (χ1) is 16.9. The maximum atomic E-state index is 13.7. The fourth-order valence-corrected chi connectivity index (χ4v) is 8.50. The maximum absolute atomic E-state index is 13.7. The van der Waals surface area contributed by atoms with Crippen LogP contribution in [0.4, 0.5) is 0 Å². The second-order valence-electron chi connectivity index (χ2n) is 12.4. The van der Waals surface area contributed by atoms with Crippen LogP contribution in [0, 0.1) is 34.0 Å². The Hall–Kier alpha value is -2.71. The van der Waals surface area contributed by atoms with Gasteiger partial charge in [-0.05, 0) is 46.5 Å². The fourth-order valence-electron chi connectivity index (χ4n) is 8.50. The third-order valence-corrected chi connectivity index (χ3v) is 10.1. The van der Waals surface area contributed by atoms with Crippen LogP contribution in [0.2, 0.25) is 0 Å². The second kappa shape index (κ2) is 8.40. The van der Waals surface area contributed by atoms with Gasteiger partial charge in [-0.1, -0.05) is 26.0 Å². The Labute approximate surface area is 217 Å². The van der Waals surface area contributed by atoms with Crippen molar-refractivity contribution >= 4 is 29.7 Å². The van der Waals surface area contributed by atoms with E-state index in [2.05, 4.69) is 6.58 Å². The van der Waals surface area contributed by atoms with Crippen molar-refractivity contribution in [2.75, 3.05) is 0 Å². The van der Waals surface area contributed by atoms with Crippen LogP contribution in [-0.4, -0.2) is 53.6 Å². The van der Waals surface area contributed by atoms with E-state index in [0.717, 1.165) is 0 Å². The van der Waals surface area contributed by atoms with Crippen LogP contribution in [0.5, 0.6) is 0 Å². The number of ether oxygens (including phenoxy) is 4. The van der Waals surface area contributed by atoms with Crippen molar-refractivity contribution < 1.29 is 42.9 Å². The lowest BCUT2D eigenvalue weighted by Crippen LogP contribution is -2.72. The number of cyclic esters (lactones) is 2. The zero-order valence-corrected chi connectivity index (χ0v) is 23.0. The van der Waals surface area contributed by atoms with Gasteiger partial charge in [0, 0.05) is 30.6 Å². The molecule has 204 valence electrons. The molecule has 9 atom stereocenters. The molecular formula is C28H38O9. The zero-order chi connectivity index (χ0) is 27.9. The van der Waals surface area contributed by atoms with Crippen LogP contribution in [0.1, 0.15) is 74.7 Å². The summed E-state index contributed by atoms with van der Waals surface area (Å²) in [7, 11) is 0. The Kier molecular flexibility index (Phi) is 6.20. The van der Waals surface area contributed by atoms with Crippen LogP contribution < -0.4 is 0 Å². The van der Waals surface area contributed by atoms with E-state index >= 15 is 0 Å². The van der Waals surface area contributed by atoms with Gasteiger partial charge in [0.05, 0.1) is 17.8 Å². The molecule has 4 aliphatic rings. The average molecular weight is 519 g/mol. The Balaban J connectivity index is 2.01. The Morgan fingerprint density at radius 1 is 0.892 bits per heavy atom. The van der Waals surface area contributed by atoms with E-state index in [-0.39, 0.29) is 18.6 Å². The largest absolute Gasteiger partial charge is 0.462 e. The molecule has 4 fully saturated rings. The number of Topliss-reactive ketones (excluding diaryl/α,β-unsaturated/α-hetero) is 1. The standard InChI is InChI=1S/C28H38O9/c1-13-10-18-27(8)17(25(5,6)37-21(31)12-20(27)36-16(4)30)11-19(35-15(3)29)28(18,9)22-24(33)34-14(2)23(32)26(13,22)7/h14,17-20,22H,1,10-12H2,2-9H3/t14-,17+,18-,19+,20-,22-,26-,27-,28-/m1/s1. The minimum absolute atomic E-state index is 0.157. The summed E-state index contributed by atoms with van der Waals surface area (Å²) in [6.07, 6.45) is -2.21. The Morgan fingerprint density at radius 2 is 1.46 bits per heavy atom. The molecule has 2 saturated heterocycles. The summed E-state index contributed by atoms with van der Waals surface area (Å²) in [5, 5.41) is 0. The van der Waals surface area contributed by atoms with Crippen molar-refractivity contribution in [2.24, 2.45) is 34.0 Å². The van der Waals surface area contributed by atoms with E-state index in [4.69, 9.17) is 18.9 Å². The number of hydrogen-bond donors (Lipinski definition) is 0. The van der Waals surface area contributed by atoms with E-state index in [1.807, 2.05) is 13.8 Å². The summed E-state index contributed by atoms with van der Waals surface area (Å²) in [5.41, 5.74) is -3.65. The number of rotatable bonds is 2. The molecule has 9 nitrogen and oxygen atoms in total. The normalized spacial score (nSPS) is 44.8. The molecule has 0 radical (unpaired) electrons. The van der Waals surface area contributed by atoms with Crippen molar-refractivity contribution in [3.05, 3.63) is 12.2 Å². The van der Waals surface area contributed by atoms with Crippen LogP contribution in [-0.2, 0) is 42.9 Å². The highest BCUT2D eigenvalue weighted by atomic mass is 16.6. The van der Waals surface area contributed by atoms with Crippen LogP contribution >= 0.6 is 0 Å². The summed E-state index contributed by atoms with van der Waals surface area (Å²) in [6, 6.07) is 0. The molecule has 0 amide bonds. The summed E-state index contributed by atoms with van der Waals surface area (Å²) in [4.78, 5) is 64.8. The van der Waals surface area contributed by atoms with E-state index in [0.29, 0.717) is 12.0 Å². The predicted molar refractivity (Wildman–Crippen MR) is 130 cm³/mol. The molecule has 0 unspecified atom stereocenters. The van der Waals surface area contributed by atoms with Gasteiger partial charge in [0.1, 0.15) is 17.8 Å². The third kappa shape index (κ3) is 3.67. The summed E-state index contributed by atoms with van der Waals surface area (Å²) < 4.78 is 23.2. The van der Waals surface area contributed by atoms with Gasteiger partial charge in [0.15, 0.2) is 11.9 Å². The lowest BCUT2D eigenvalue weighted by molar-refractivity contribution is -0.257. The van der Waals surface area contributed by atoms with Gasteiger partial charge in [-0.15, -0.1) is 0 Å². The van der Waals surface area contributed by atoms with Gasteiger partial charge in [-0.2, -0.15) is 0 Å². The van der Waals surface area contributed by atoms with E-state index in [1.54, 1.807) is 27.7 Å². The number of fused-ring (bicyclic) bond motifs is 5. The topological polar surface area (TPSA) is 122 Å². The van der Waals surface area contributed by atoms with Gasteiger partial charge >= 0.3 is 23.9 Å². The minimum Gasteiger partial charge on any atom is -0.462 e. The quantitative estimate of drug-likeness (QED) is 0.308. The first kappa shape index (κ1) is 27.3. The summed E-state index contributed by atoms with van der Waals surface area (Å²) in [6.45, 7) is 17.6. The number of carbonyl (C=O) groups excluding carboxylic acids is 5. The molecule has 4 rings (SSSR count). The molecule has 0 bridgehead atoms. The van der Waals surface area contributed by atoms with Crippen molar-refractivity contribution in [1.82, 2.24) is 0 Å². The van der Waals surface area contributed by atoms with E-state index in [9.17, 15) is 24.0 Å². The van der Waals surface area contributed by atoms with Crippen LogP contribution in [0.3, 0.4) is 0 Å². The third-order valence-electron chi connectivity index (χ3n) is 10.1. The molecule has 0 N–H and O–H groups in total. The smallest absolute Gasteiger partial charge is 0.311 e. The molecular weight excluding hydrogens is 480 g/mol. The molecule has 0 aromatic rings. The molecule has 37 heavy (non-hydrogen) atoms. The maximum Gasteiger partial charge on any atom is 0.311 e. The van der Waals surface area contributed by atoms with E-state index in [1.165, 1.54) is 13.8 Å². The molecule has 0 aromatic carbocycles. The number of hydrogen-bond acceptors (Lipinski definition) is 9. The summed E-state index contributed by atoms with van der Waals surface area (Å²) in [5.74, 6) is -4.23. The Morgan fingerprint density at radius 3 is 2.03 bits per heavy atom. The molecule has 0 spiro atoms. The predicted octanol–water partition coefficient (Wildman–Crippen LogP) is 3.32. The fraction of sp³-hybridized carbons (Fsp3) is 0.750. The second-order valence-corrected chi connectivity index (χ2v) is 12.4. The number of ketones is 1. The van der Waals surface area contributed by atoms with Gasteiger partial charge in [-0.25, -0.2) is 0 Å². The van der Waals surface area contributed by atoms with Gasteiger partial charge in [-0.3, -0.25) is 24.0 Å². The minimum atomic E-state index is -1.23. The highest BCUT2D eigenvalue weighted by molar-refractivity contribution is 6.00. The first-order valence-corrected chi connectivity index (χ1v) is 12.9. The Bertz CT molecular complexity index is 1090. The molecule has 0 aromatic heterocycles. The number of allylic oxidation sites excluding steroid dienone is 1. The first-order valence-electron chi connectivity index (χ1n) is 12.9. The van der Waals surface area contributed by atoms with Gasteiger partial charge in [0.25, 0.3) is 0 Å². The van der Waals surface area contributed by atoms with Crippen molar-refractivity contribution in [2.45, 2.75) is 98.6 Å². The molecule has 2 saturated carbocycles. The monoisotopic (exact) mass is 518 g/mol. The van der Waals surface area contributed by atoms with Gasteiger partial charge < -0.3 is 18.9 Å². The van der Waals surface area contributed by atoms with Gasteiger partial charge in [0.2, 0.25) is 0 Å². The number of carbonyl (C=O) groups is 5. The molecule has 9 heteroatoms. The molecule has 2 aliphatic carbocycles. The molecule has 2 aliphatic heterocycles. The lowest BCUT2D eigenvalue weighted by atomic mass is 9.36. The van der Waals surface area contributed by atoms with Crippen LogP contribution in [0.15, 0.2) is 12.2 Å². The lowest BCUT2D eigenvalue weighted by Gasteiger charge is -2.68.